The number of nitrogens with zero attached hydrogens (tertiary/aromatic N) is 1. The van der Waals surface area contributed by atoms with Crippen molar-refractivity contribution in [2.24, 2.45) is 10.8 Å². The molecule has 1 aromatic rings. The summed E-state index contributed by atoms with van der Waals surface area (Å²) in [6.45, 7) is 3.95. The minimum absolute atomic E-state index is 0.163. The van der Waals surface area contributed by atoms with E-state index >= 15 is 0 Å². The summed E-state index contributed by atoms with van der Waals surface area (Å²) in [4.78, 5) is 4.34. The molecule has 5 heteroatoms. The van der Waals surface area contributed by atoms with Crippen LogP contribution in [-0.4, -0.2) is 11.9 Å². The number of halogens is 2. The minimum atomic E-state index is 0.163. The van der Waals surface area contributed by atoms with Crippen LogP contribution in [0.3, 0.4) is 0 Å². The summed E-state index contributed by atoms with van der Waals surface area (Å²) in [7, 11) is 0. The maximum absolute atomic E-state index is 6.08. The Hall–Kier alpha value is -0.580. The number of aliphatic imine (C=N–C) groups is 1. The molecule has 15 heavy (non-hydrogen) atoms. The Morgan fingerprint density at radius 3 is 2.67 bits per heavy atom. The highest BCUT2D eigenvalue weighted by atomic mass is 79.9. The van der Waals surface area contributed by atoms with E-state index in [1.165, 1.54) is 0 Å². The summed E-state index contributed by atoms with van der Waals surface area (Å²) in [5, 5.41) is 0.613. The molecule has 0 saturated carbocycles. The van der Waals surface area contributed by atoms with Crippen molar-refractivity contribution >= 4 is 33.4 Å². The molecule has 0 unspecified atom stereocenters. The number of hydrogen-bond acceptors (Lipinski definition) is 2. The Morgan fingerprint density at radius 2 is 2.20 bits per heavy atom. The van der Waals surface area contributed by atoms with Gasteiger partial charge in [-0.15, -0.1) is 0 Å². The molecule has 0 spiro atoms. The third kappa shape index (κ3) is 3.48. The molecule has 3 N–H and O–H groups in total. The highest BCUT2D eigenvalue weighted by Crippen LogP contribution is 2.21. The fraction of sp³-hybridized carbons (Fsp3) is 0.300. The maximum Gasteiger partial charge on any atom is 0.144 e. The number of benzene rings is 1. The lowest BCUT2D eigenvalue weighted by Crippen LogP contribution is -2.32. The SMILES string of the molecule is CC(C)N=C(NN)c1ccc(Br)cc1Cl. The number of nitrogens with one attached hydrogen (secondary N) is 1. The van der Waals surface area contributed by atoms with Crippen molar-refractivity contribution in [3.8, 4) is 0 Å². The first kappa shape index (κ1) is 12.5. The van der Waals surface area contributed by atoms with Gasteiger partial charge in [0.15, 0.2) is 0 Å². The minimum Gasteiger partial charge on any atom is -0.308 e. The van der Waals surface area contributed by atoms with E-state index < -0.39 is 0 Å². The standard InChI is InChI=1S/C10H13BrClN3/c1-6(2)14-10(15-13)8-4-3-7(11)5-9(8)12/h3-6H,13H2,1-2H3,(H,14,15). The average molecular weight is 291 g/mol. The Kier molecular flexibility index (Phi) is 4.57. The summed E-state index contributed by atoms with van der Waals surface area (Å²) in [5.41, 5.74) is 3.36. The van der Waals surface area contributed by atoms with E-state index in [9.17, 15) is 0 Å². The largest absolute Gasteiger partial charge is 0.308 e. The van der Waals surface area contributed by atoms with Crippen LogP contribution in [0.5, 0.6) is 0 Å². The fourth-order valence-electron chi connectivity index (χ4n) is 1.12. The van der Waals surface area contributed by atoms with Crippen LogP contribution in [0, 0.1) is 0 Å². The fourth-order valence-corrected chi connectivity index (χ4v) is 1.89. The van der Waals surface area contributed by atoms with Crippen LogP contribution < -0.4 is 11.3 Å². The topological polar surface area (TPSA) is 50.4 Å². The molecular formula is C10H13BrClN3. The van der Waals surface area contributed by atoms with Crippen molar-refractivity contribution in [2.75, 3.05) is 0 Å². The van der Waals surface area contributed by atoms with Gasteiger partial charge in [0.25, 0.3) is 0 Å². The molecular weight excluding hydrogens is 277 g/mol. The van der Waals surface area contributed by atoms with Crippen LogP contribution >= 0.6 is 27.5 Å². The third-order valence-corrected chi connectivity index (χ3v) is 2.52. The molecule has 0 heterocycles. The van der Waals surface area contributed by atoms with Gasteiger partial charge in [-0.05, 0) is 32.0 Å². The van der Waals surface area contributed by atoms with E-state index in [1.807, 2.05) is 32.0 Å². The van der Waals surface area contributed by atoms with E-state index in [0.29, 0.717) is 10.9 Å². The van der Waals surface area contributed by atoms with Gasteiger partial charge in [0.1, 0.15) is 5.84 Å². The van der Waals surface area contributed by atoms with Gasteiger partial charge in [0.05, 0.1) is 5.02 Å². The summed E-state index contributed by atoms with van der Waals surface area (Å²) in [6, 6.07) is 5.74. The first-order chi connectivity index (χ1) is 7.04. The van der Waals surface area contributed by atoms with Crippen molar-refractivity contribution in [1.82, 2.24) is 5.43 Å². The second-order valence-electron chi connectivity index (χ2n) is 3.34. The molecule has 0 saturated heterocycles. The molecule has 0 aliphatic carbocycles. The van der Waals surface area contributed by atoms with E-state index in [2.05, 4.69) is 26.3 Å². The van der Waals surface area contributed by atoms with Crippen molar-refractivity contribution in [3.63, 3.8) is 0 Å². The Morgan fingerprint density at radius 1 is 1.53 bits per heavy atom. The molecule has 0 fully saturated rings. The lowest BCUT2D eigenvalue weighted by Gasteiger charge is -2.09. The highest BCUT2D eigenvalue weighted by Gasteiger charge is 2.07. The molecule has 1 rings (SSSR count). The smallest absolute Gasteiger partial charge is 0.144 e. The van der Waals surface area contributed by atoms with Gasteiger partial charge in [-0.3, -0.25) is 4.99 Å². The first-order valence-electron chi connectivity index (χ1n) is 4.54. The molecule has 0 aliphatic rings. The van der Waals surface area contributed by atoms with E-state index in [4.69, 9.17) is 17.4 Å². The van der Waals surface area contributed by atoms with Crippen molar-refractivity contribution < 1.29 is 0 Å². The molecule has 0 aliphatic heterocycles. The van der Waals surface area contributed by atoms with Crippen LogP contribution in [0.2, 0.25) is 5.02 Å². The predicted molar refractivity (Wildman–Crippen MR) is 68.1 cm³/mol. The van der Waals surface area contributed by atoms with Gasteiger partial charge < -0.3 is 5.43 Å². The molecule has 0 atom stereocenters. The maximum atomic E-state index is 6.08. The number of nitrogens with two attached hydrogens (primary N) is 1. The molecule has 0 bridgehead atoms. The van der Waals surface area contributed by atoms with Crippen LogP contribution in [0.15, 0.2) is 27.7 Å². The van der Waals surface area contributed by atoms with Crippen molar-refractivity contribution in [1.29, 1.82) is 0 Å². The molecule has 3 nitrogen and oxygen atoms in total. The van der Waals surface area contributed by atoms with E-state index in [-0.39, 0.29) is 6.04 Å². The van der Waals surface area contributed by atoms with Gasteiger partial charge in [-0.25, -0.2) is 5.84 Å². The van der Waals surface area contributed by atoms with Gasteiger partial charge in [-0.1, -0.05) is 27.5 Å². The summed E-state index contributed by atoms with van der Waals surface area (Å²) < 4.78 is 0.928. The Labute approximate surface area is 103 Å². The monoisotopic (exact) mass is 289 g/mol. The zero-order valence-corrected chi connectivity index (χ0v) is 10.9. The van der Waals surface area contributed by atoms with E-state index in [1.54, 1.807) is 0 Å². The summed E-state index contributed by atoms with van der Waals surface area (Å²) >= 11 is 9.42. The lowest BCUT2D eigenvalue weighted by molar-refractivity contribution is 0.820. The average Bonchev–Trinajstić information content (AvgIpc) is 2.14. The predicted octanol–water partition coefficient (Wildman–Crippen LogP) is 2.72. The summed E-state index contributed by atoms with van der Waals surface area (Å²) in [6.07, 6.45) is 0. The zero-order chi connectivity index (χ0) is 11.4. The van der Waals surface area contributed by atoms with E-state index in [0.717, 1.165) is 10.0 Å². The third-order valence-electron chi connectivity index (χ3n) is 1.71. The van der Waals surface area contributed by atoms with Crippen LogP contribution in [0.1, 0.15) is 19.4 Å². The number of amidine groups is 1. The van der Waals surface area contributed by atoms with Gasteiger partial charge in [0, 0.05) is 16.1 Å². The first-order valence-corrected chi connectivity index (χ1v) is 5.71. The van der Waals surface area contributed by atoms with Crippen molar-refractivity contribution in [3.05, 3.63) is 33.3 Å². The van der Waals surface area contributed by atoms with Crippen molar-refractivity contribution in [2.45, 2.75) is 19.9 Å². The molecule has 0 radical (unpaired) electrons. The quantitative estimate of drug-likeness (QED) is 0.381. The normalized spacial score (nSPS) is 12.0. The van der Waals surface area contributed by atoms with Crippen LogP contribution in [-0.2, 0) is 0 Å². The second kappa shape index (κ2) is 5.49. The Bertz CT molecular complexity index is 377. The molecule has 1 aromatic carbocycles. The van der Waals surface area contributed by atoms with Gasteiger partial charge >= 0.3 is 0 Å². The number of hydrazine groups is 1. The second-order valence-corrected chi connectivity index (χ2v) is 4.66. The highest BCUT2D eigenvalue weighted by molar-refractivity contribution is 9.10. The lowest BCUT2D eigenvalue weighted by atomic mass is 10.2. The van der Waals surface area contributed by atoms with Crippen LogP contribution in [0.25, 0.3) is 0 Å². The van der Waals surface area contributed by atoms with Gasteiger partial charge in [-0.2, -0.15) is 0 Å². The molecule has 0 aromatic heterocycles. The van der Waals surface area contributed by atoms with Gasteiger partial charge in [0.2, 0.25) is 0 Å². The Balaban J connectivity index is 3.13. The number of rotatable bonds is 2. The summed E-state index contributed by atoms with van der Waals surface area (Å²) in [5.74, 6) is 6.01. The zero-order valence-electron chi connectivity index (χ0n) is 8.59. The van der Waals surface area contributed by atoms with Crippen LogP contribution in [0.4, 0.5) is 0 Å². The molecule has 82 valence electrons. The molecule has 0 amide bonds. The number of hydrogen-bond donors (Lipinski definition) is 2.